The lowest BCUT2D eigenvalue weighted by atomic mass is 10.0. The Morgan fingerprint density at radius 3 is 2.78 bits per heavy atom. The number of hydrogen-bond donors (Lipinski definition) is 2. The minimum absolute atomic E-state index is 0.00840. The predicted octanol–water partition coefficient (Wildman–Crippen LogP) is 2.97. The normalized spacial score (nSPS) is 12.7. The maximum atomic E-state index is 11.7. The van der Waals surface area contributed by atoms with Gasteiger partial charge in [-0.15, -0.1) is 11.3 Å². The van der Waals surface area contributed by atoms with Crippen molar-refractivity contribution >= 4 is 33.2 Å². The molecule has 3 nitrogen and oxygen atoms in total. The van der Waals surface area contributed by atoms with Crippen LogP contribution in [-0.4, -0.2) is 23.7 Å². The van der Waals surface area contributed by atoms with E-state index in [0.29, 0.717) is 12.3 Å². The maximum Gasteiger partial charge on any atom is 0.220 e. The molecule has 1 aromatic heterocycles. The molecule has 0 aromatic carbocycles. The summed E-state index contributed by atoms with van der Waals surface area (Å²) in [6, 6.07) is 1.92. The minimum atomic E-state index is -0.118. The fourth-order valence-electron chi connectivity index (χ4n) is 1.77. The Balaban J connectivity index is 2.32. The van der Waals surface area contributed by atoms with Gasteiger partial charge in [0, 0.05) is 21.2 Å². The lowest BCUT2D eigenvalue weighted by Crippen LogP contribution is -2.38. The van der Waals surface area contributed by atoms with Gasteiger partial charge in [0.25, 0.3) is 0 Å². The third kappa shape index (κ3) is 5.98. The SMILES string of the molecule is CC(C)CC(CO)NC(=O)CCc1cc(Br)cs1. The summed E-state index contributed by atoms with van der Waals surface area (Å²) in [6.45, 7) is 4.17. The van der Waals surface area contributed by atoms with E-state index in [2.05, 4.69) is 35.1 Å². The molecule has 0 saturated carbocycles. The molecule has 1 amide bonds. The summed E-state index contributed by atoms with van der Waals surface area (Å²) in [7, 11) is 0. The number of amides is 1. The van der Waals surface area contributed by atoms with Crippen molar-refractivity contribution in [2.45, 2.75) is 39.2 Å². The van der Waals surface area contributed by atoms with Crippen LogP contribution < -0.4 is 5.32 Å². The highest BCUT2D eigenvalue weighted by molar-refractivity contribution is 9.10. The van der Waals surface area contributed by atoms with Crippen LogP contribution in [0.25, 0.3) is 0 Å². The monoisotopic (exact) mass is 333 g/mol. The molecule has 102 valence electrons. The maximum absolute atomic E-state index is 11.7. The molecule has 0 aliphatic heterocycles. The summed E-state index contributed by atoms with van der Waals surface area (Å²) in [6.07, 6.45) is 2.04. The average Bonchev–Trinajstić information content (AvgIpc) is 2.71. The Kier molecular flexibility index (Phi) is 6.89. The van der Waals surface area contributed by atoms with Gasteiger partial charge >= 0.3 is 0 Å². The molecule has 0 aliphatic carbocycles. The van der Waals surface area contributed by atoms with Crippen molar-refractivity contribution in [1.29, 1.82) is 0 Å². The van der Waals surface area contributed by atoms with E-state index in [4.69, 9.17) is 0 Å². The molecule has 0 radical (unpaired) electrons. The van der Waals surface area contributed by atoms with Crippen molar-refractivity contribution in [2.24, 2.45) is 5.92 Å². The largest absolute Gasteiger partial charge is 0.394 e. The van der Waals surface area contributed by atoms with Gasteiger partial charge in [-0.2, -0.15) is 0 Å². The van der Waals surface area contributed by atoms with Crippen LogP contribution in [0.3, 0.4) is 0 Å². The molecule has 2 N–H and O–H groups in total. The fourth-order valence-corrected chi connectivity index (χ4v) is 3.22. The molecule has 0 aliphatic rings. The number of carbonyl (C=O) groups excluding carboxylic acids is 1. The lowest BCUT2D eigenvalue weighted by molar-refractivity contribution is -0.122. The molecular weight excluding hydrogens is 314 g/mol. The number of aliphatic hydroxyl groups is 1. The van der Waals surface area contributed by atoms with Crippen molar-refractivity contribution < 1.29 is 9.90 Å². The molecule has 1 atom stereocenters. The van der Waals surface area contributed by atoms with Gasteiger partial charge in [-0.3, -0.25) is 4.79 Å². The highest BCUT2D eigenvalue weighted by atomic mass is 79.9. The van der Waals surface area contributed by atoms with Gasteiger partial charge in [0.1, 0.15) is 0 Å². The third-order valence-corrected chi connectivity index (χ3v) is 4.32. The molecule has 0 spiro atoms. The second kappa shape index (κ2) is 7.92. The molecule has 1 heterocycles. The van der Waals surface area contributed by atoms with E-state index in [1.165, 1.54) is 4.88 Å². The van der Waals surface area contributed by atoms with Crippen LogP contribution in [-0.2, 0) is 11.2 Å². The molecule has 1 unspecified atom stereocenters. The van der Waals surface area contributed by atoms with E-state index in [9.17, 15) is 9.90 Å². The Bertz CT molecular complexity index is 379. The number of halogens is 1. The first-order valence-electron chi connectivity index (χ1n) is 6.14. The first-order valence-corrected chi connectivity index (χ1v) is 7.81. The zero-order valence-electron chi connectivity index (χ0n) is 10.8. The van der Waals surface area contributed by atoms with E-state index in [0.717, 1.165) is 17.3 Å². The first kappa shape index (κ1) is 15.7. The zero-order chi connectivity index (χ0) is 13.5. The van der Waals surface area contributed by atoms with Crippen molar-refractivity contribution in [3.63, 3.8) is 0 Å². The number of rotatable bonds is 7. The van der Waals surface area contributed by atoms with Gasteiger partial charge in [0.15, 0.2) is 0 Å². The Morgan fingerprint density at radius 2 is 2.28 bits per heavy atom. The second-order valence-corrected chi connectivity index (χ2v) is 6.72. The van der Waals surface area contributed by atoms with E-state index < -0.39 is 0 Å². The molecule has 0 fully saturated rings. The fraction of sp³-hybridized carbons (Fsp3) is 0.615. The average molecular weight is 334 g/mol. The number of aryl methyl sites for hydroxylation is 1. The first-order chi connectivity index (χ1) is 8.51. The lowest BCUT2D eigenvalue weighted by Gasteiger charge is -2.18. The number of hydrogen-bond acceptors (Lipinski definition) is 3. The van der Waals surface area contributed by atoms with Crippen molar-refractivity contribution in [3.8, 4) is 0 Å². The van der Waals surface area contributed by atoms with Crippen molar-refractivity contribution in [2.75, 3.05) is 6.61 Å². The van der Waals surface area contributed by atoms with Gasteiger partial charge in [0.2, 0.25) is 5.91 Å². The summed E-state index contributed by atoms with van der Waals surface area (Å²) in [5.74, 6) is 0.481. The topological polar surface area (TPSA) is 49.3 Å². The van der Waals surface area contributed by atoms with Crippen molar-refractivity contribution in [3.05, 3.63) is 20.8 Å². The van der Waals surface area contributed by atoms with E-state index in [-0.39, 0.29) is 18.6 Å². The van der Waals surface area contributed by atoms with Crippen LogP contribution in [0, 0.1) is 5.92 Å². The molecule has 5 heteroatoms. The Morgan fingerprint density at radius 1 is 1.56 bits per heavy atom. The summed E-state index contributed by atoms with van der Waals surface area (Å²) in [5, 5.41) is 14.1. The summed E-state index contributed by atoms with van der Waals surface area (Å²) in [5.41, 5.74) is 0. The smallest absolute Gasteiger partial charge is 0.220 e. The Hall–Kier alpha value is -0.390. The van der Waals surface area contributed by atoms with E-state index in [1.807, 2.05) is 11.4 Å². The molecular formula is C13H20BrNO2S. The number of aliphatic hydroxyl groups excluding tert-OH is 1. The highest BCUT2D eigenvalue weighted by Crippen LogP contribution is 2.20. The Labute approximate surface area is 121 Å². The van der Waals surface area contributed by atoms with Crippen LogP contribution in [0.4, 0.5) is 0 Å². The molecule has 1 aromatic rings. The van der Waals surface area contributed by atoms with E-state index in [1.54, 1.807) is 11.3 Å². The minimum Gasteiger partial charge on any atom is -0.394 e. The van der Waals surface area contributed by atoms with Crippen LogP contribution in [0.5, 0.6) is 0 Å². The third-order valence-electron chi connectivity index (χ3n) is 2.56. The summed E-state index contributed by atoms with van der Waals surface area (Å²) < 4.78 is 1.07. The molecule has 1 rings (SSSR count). The van der Waals surface area contributed by atoms with Crippen LogP contribution >= 0.6 is 27.3 Å². The van der Waals surface area contributed by atoms with Gasteiger partial charge in [-0.05, 0) is 40.8 Å². The quantitative estimate of drug-likeness (QED) is 0.805. The standard InChI is InChI=1S/C13H20BrNO2S/c1-9(2)5-11(7-16)15-13(17)4-3-12-6-10(14)8-18-12/h6,8-9,11,16H,3-5,7H2,1-2H3,(H,15,17). The van der Waals surface area contributed by atoms with Gasteiger partial charge < -0.3 is 10.4 Å². The van der Waals surface area contributed by atoms with Crippen LogP contribution in [0.1, 0.15) is 31.6 Å². The summed E-state index contributed by atoms with van der Waals surface area (Å²) in [4.78, 5) is 12.9. The van der Waals surface area contributed by atoms with Gasteiger partial charge in [-0.1, -0.05) is 13.8 Å². The second-order valence-electron chi connectivity index (χ2n) is 4.81. The van der Waals surface area contributed by atoms with E-state index >= 15 is 0 Å². The van der Waals surface area contributed by atoms with Crippen LogP contribution in [0.2, 0.25) is 0 Å². The molecule has 0 saturated heterocycles. The van der Waals surface area contributed by atoms with Crippen molar-refractivity contribution in [1.82, 2.24) is 5.32 Å². The highest BCUT2D eigenvalue weighted by Gasteiger charge is 2.13. The van der Waals surface area contributed by atoms with Gasteiger partial charge in [-0.25, -0.2) is 0 Å². The number of nitrogens with one attached hydrogen (secondary N) is 1. The molecule has 18 heavy (non-hydrogen) atoms. The number of carbonyl (C=O) groups is 1. The van der Waals surface area contributed by atoms with Gasteiger partial charge in [0.05, 0.1) is 12.6 Å². The summed E-state index contributed by atoms with van der Waals surface area (Å²) >= 11 is 5.05. The zero-order valence-corrected chi connectivity index (χ0v) is 13.2. The number of thiophene rings is 1. The predicted molar refractivity (Wildman–Crippen MR) is 78.8 cm³/mol. The molecule has 0 bridgehead atoms. The van der Waals surface area contributed by atoms with Crippen LogP contribution in [0.15, 0.2) is 15.9 Å².